The first-order valence-corrected chi connectivity index (χ1v) is 5.94. The largest absolute Gasteiger partial charge is 0.320 e. The van der Waals surface area contributed by atoms with E-state index in [0.717, 1.165) is 25.0 Å². The first-order valence-electron chi connectivity index (χ1n) is 5.94. The van der Waals surface area contributed by atoms with Gasteiger partial charge in [-0.25, -0.2) is 0 Å². The predicted molar refractivity (Wildman–Crippen MR) is 63.0 cm³/mol. The minimum absolute atomic E-state index is 0.584. The van der Waals surface area contributed by atoms with Crippen LogP contribution >= 0.6 is 0 Å². The number of hydrogen-bond donors (Lipinski definition) is 1. The van der Waals surface area contributed by atoms with Crippen LogP contribution in [0, 0.1) is 0 Å². The van der Waals surface area contributed by atoms with E-state index in [1.165, 1.54) is 12.8 Å². The Morgan fingerprint density at radius 2 is 2.38 bits per heavy atom. The molecule has 1 aliphatic carbocycles. The molecular weight excluding hydrogens is 202 g/mol. The van der Waals surface area contributed by atoms with Crippen molar-refractivity contribution in [2.45, 2.75) is 38.4 Å². The van der Waals surface area contributed by atoms with E-state index >= 15 is 0 Å². The average molecular weight is 223 g/mol. The highest BCUT2D eigenvalue weighted by Crippen LogP contribution is 2.26. The molecule has 1 aliphatic rings. The molecule has 0 aromatic carbocycles. The molecule has 5 nitrogen and oxygen atoms in total. The molecule has 5 heteroatoms. The molecule has 1 atom stereocenters. The van der Waals surface area contributed by atoms with Gasteiger partial charge in [-0.05, 0) is 26.8 Å². The Kier molecular flexibility index (Phi) is 3.56. The number of nitrogens with zero attached hydrogens (tertiary/aromatic N) is 4. The number of aromatic nitrogens is 3. The van der Waals surface area contributed by atoms with Crippen molar-refractivity contribution in [1.82, 2.24) is 25.0 Å². The summed E-state index contributed by atoms with van der Waals surface area (Å²) in [6, 6.07) is 1.41. The fraction of sp³-hybridized carbons (Fsp3) is 0.818. The lowest BCUT2D eigenvalue weighted by Gasteiger charge is -2.24. The lowest BCUT2D eigenvalue weighted by Crippen LogP contribution is -2.39. The Morgan fingerprint density at radius 3 is 2.94 bits per heavy atom. The zero-order chi connectivity index (χ0) is 11.5. The van der Waals surface area contributed by atoms with Gasteiger partial charge >= 0.3 is 0 Å². The summed E-state index contributed by atoms with van der Waals surface area (Å²) in [6.07, 6.45) is 4.46. The van der Waals surface area contributed by atoms with Crippen LogP contribution in [0.2, 0.25) is 0 Å². The highest BCUT2D eigenvalue weighted by atomic mass is 15.3. The molecule has 0 radical (unpaired) electrons. The van der Waals surface area contributed by atoms with E-state index in [2.05, 4.69) is 34.4 Å². The molecule has 0 amide bonds. The van der Waals surface area contributed by atoms with Crippen LogP contribution < -0.4 is 5.32 Å². The molecule has 90 valence electrons. The van der Waals surface area contributed by atoms with Crippen LogP contribution in [0.25, 0.3) is 0 Å². The van der Waals surface area contributed by atoms with Gasteiger partial charge in [-0.15, -0.1) is 10.2 Å². The van der Waals surface area contributed by atoms with E-state index in [1.54, 1.807) is 6.33 Å². The van der Waals surface area contributed by atoms with Crippen LogP contribution in [0.1, 0.15) is 25.6 Å². The van der Waals surface area contributed by atoms with Crippen molar-refractivity contribution in [3.63, 3.8) is 0 Å². The lowest BCUT2D eigenvalue weighted by molar-refractivity contribution is 0.240. The van der Waals surface area contributed by atoms with E-state index in [-0.39, 0.29) is 0 Å². The molecule has 1 unspecified atom stereocenters. The molecule has 1 saturated carbocycles. The number of hydrogen-bond acceptors (Lipinski definition) is 4. The molecule has 0 saturated heterocycles. The van der Waals surface area contributed by atoms with Crippen LogP contribution in [0.5, 0.6) is 0 Å². The second-order valence-corrected chi connectivity index (χ2v) is 4.73. The number of rotatable bonds is 6. The van der Waals surface area contributed by atoms with Crippen molar-refractivity contribution in [3.8, 4) is 0 Å². The molecule has 1 aromatic rings. The molecule has 1 fully saturated rings. The van der Waals surface area contributed by atoms with Gasteiger partial charge in [-0.3, -0.25) is 4.90 Å². The zero-order valence-electron chi connectivity index (χ0n) is 10.3. The topological polar surface area (TPSA) is 46.0 Å². The van der Waals surface area contributed by atoms with E-state index < -0.39 is 0 Å². The van der Waals surface area contributed by atoms with E-state index in [1.807, 2.05) is 11.6 Å². The molecule has 0 aliphatic heterocycles. The smallest absolute Gasteiger partial charge is 0.146 e. The normalized spacial score (nSPS) is 18.0. The highest BCUT2D eigenvalue weighted by Gasteiger charge is 2.28. The van der Waals surface area contributed by atoms with Gasteiger partial charge in [0.05, 0.1) is 6.54 Å². The van der Waals surface area contributed by atoms with Gasteiger partial charge in [-0.2, -0.15) is 0 Å². The third-order valence-electron chi connectivity index (χ3n) is 3.35. The van der Waals surface area contributed by atoms with Crippen molar-refractivity contribution < 1.29 is 0 Å². The molecule has 1 heterocycles. The van der Waals surface area contributed by atoms with Crippen LogP contribution in [0.3, 0.4) is 0 Å². The quantitative estimate of drug-likeness (QED) is 0.757. The van der Waals surface area contributed by atoms with Crippen molar-refractivity contribution in [1.29, 1.82) is 0 Å². The SMILES string of the molecule is CC(CNCc1nncn1C)N(C)C1CC1. The maximum absolute atomic E-state index is 4.04. The summed E-state index contributed by atoms with van der Waals surface area (Å²) in [5.74, 6) is 0.987. The summed E-state index contributed by atoms with van der Waals surface area (Å²) in [5.41, 5.74) is 0. The van der Waals surface area contributed by atoms with Crippen molar-refractivity contribution in [2.24, 2.45) is 7.05 Å². The van der Waals surface area contributed by atoms with Crippen LogP contribution in [-0.4, -0.2) is 45.3 Å². The van der Waals surface area contributed by atoms with Gasteiger partial charge < -0.3 is 9.88 Å². The monoisotopic (exact) mass is 223 g/mol. The van der Waals surface area contributed by atoms with Crippen molar-refractivity contribution in [2.75, 3.05) is 13.6 Å². The molecule has 1 aromatic heterocycles. The summed E-state index contributed by atoms with van der Waals surface area (Å²) in [7, 11) is 4.18. The second-order valence-electron chi connectivity index (χ2n) is 4.73. The Morgan fingerprint density at radius 1 is 1.62 bits per heavy atom. The summed E-state index contributed by atoms with van der Waals surface area (Å²) in [5, 5.41) is 11.3. The highest BCUT2D eigenvalue weighted by molar-refractivity contribution is 4.87. The van der Waals surface area contributed by atoms with Crippen LogP contribution in [0.15, 0.2) is 6.33 Å². The first kappa shape index (κ1) is 11.5. The summed E-state index contributed by atoms with van der Waals surface area (Å²) in [6.45, 7) is 4.06. The van der Waals surface area contributed by atoms with Crippen molar-refractivity contribution in [3.05, 3.63) is 12.2 Å². The third-order valence-corrected chi connectivity index (χ3v) is 3.35. The third kappa shape index (κ3) is 2.80. The van der Waals surface area contributed by atoms with Gasteiger partial charge in [0.15, 0.2) is 0 Å². The Balaban J connectivity index is 1.69. The van der Waals surface area contributed by atoms with E-state index in [0.29, 0.717) is 6.04 Å². The Bertz CT molecular complexity index is 331. The Labute approximate surface area is 96.8 Å². The molecular formula is C11H21N5. The maximum atomic E-state index is 4.04. The van der Waals surface area contributed by atoms with Crippen LogP contribution in [0.4, 0.5) is 0 Å². The number of nitrogens with one attached hydrogen (secondary N) is 1. The lowest BCUT2D eigenvalue weighted by atomic mass is 10.3. The molecule has 16 heavy (non-hydrogen) atoms. The average Bonchev–Trinajstić information content (AvgIpc) is 3.03. The van der Waals surface area contributed by atoms with Gasteiger partial charge in [-0.1, -0.05) is 0 Å². The molecule has 0 bridgehead atoms. The standard InChI is InChI=1S/C11H21N5/c1-9(16(3)10-4-5-10)6-12-7-11-14-13-8-15(11)2/h8-10,12H,4-7H2,1-3H3. The summed E-state index contributed by atoms with van der Waals surface area (Å²) in [4.78, 5) is 2.46. The number of likely N-dealkylation sites (N-methyl/N-ethyl adjacent to an activating group) is 1. The van der Waals surface area contributed by atoms with Crippen LogP contribution in [-0.2, 0) is 13.6 Å². The fourth-order valence-corrected chi connectivity index (χ4v) is 1.85. The van der Waals surface area contributed by atoms with Gasteiger partial charge in [0, 0.05) is 25.7 Å². The van der Waals surface area contributed by atoms with Gasteiger partial charge in [0.25, 0.3) is 0 Å². The minimum Gasteiger partial charge on any atom is -0.320 e. The summed E-state index contributed by atoms with van der Waals surface area (Å²) >= 11 is 0. The van der Waals surface area contributed by atoms with Crippen molar-refractivity contribution >= 4 is 0 Å². The predicted octanol–water partition coefficient (Wildman–Crippen LogP) is 0.387. The zero-order valence-corrected chi connectivity index (χ0v) is 10.3. The maximum Gasteiger partial charge on any atom is 0.146 e. The Hall–Kier alpha value is -0.940. The molecule has 1 N–H and O–H groups in total. The van der Waals surface area contributed by atoms with Gasteiger partial charge in [0.2, 0.25) is 0 Å². The minimum atomic E-state index is 0.584. The summed E-state index contributed by atoms with van der Waals surface area (Å²) < 4.78 is 1.95. The van der Waals surface area contributed by atoms with E-state index in [9.17, 15) is 0 Å². The first-order chi connectivity index (χ1) is 7.68. The fourth-order valence-electron chi connectivity index (χ4n) is 1.85. The molecule has 0 spiro atoms. The van der Waals surface area contributed by atoms with Gasteiger partial charge in [0.1, 0.15) is 12.2 Å². The van der Waals surface area contributed by atoms with E-state index in [4.69, 9.17) is 0 Å². The molecule has 2 rings (SSSR count). The second kappa shape index (κ2) is 4.93. The number of aryl methyl sites for hydroxylation is 1.